The zero-order chi connectivity index (χ0) is 30.6. The molecular weight excluding hydrogens is 586 g/mol. The number of pyridine rings is 1. The highest BCUT2D eigenvalue weighted by atomic mass is 32.2. The predicted octanol–water partition coefficient (Wildman–Crippen LogP) is 2.45. The monoisotopic (exact) mass is 615 g/mol. The number of hydrogen-bond acceptors (Lipinski definition) is 11. The quantitative estimate of drug-likeness (QED) is 0.164. The number of rotatable bonds is 4. The first kappa shape index (κ1) is 34.3. The van der Waals surface area contributed by atoms with Crippen LogP contribution in [0.3, 0.4) is 0 Å². The highest BCUT2D eigenvalue weighted by Crippen LogP contribution is 2.27. The van der Waals surface area contributed by atoms with Gasteiger partial charge in [-0.05, 0) is 35.9 Å². The molecule has 0 spiro atoms. The molecule has 218 valence electrons. The van der Waals surface area contributed by atoms with Gasteiger partial charge in [-0.2, -0.15) is 30.4 Å². The predicted molar refractivity (Wildman–Crippen MR) is 153 cm³/mol. The number of nitrogens with zero attached hydrogens (tertiary/aromatic N) is 3. The topological polar surface area (TPSA) is 240 Å². The van der Waals surface area contributed by atoms with Gasteiger partial charge < -0.3 is 11.1 Å². The standard InChI is InChI=1S/C20H17N5.3CH4O3S/c21-15-4-3-5-16(13-15)23-20-18-7-2-1-6-17(18)19(24-25-20)12-14-8-10-22-11-9-14;3*1-5(2,3)4/h1-11,13H,12,21H2,(H,23,25);3*1H3,(H,2,3,4). The Bertz CT molecular complexity index is 1620. The van der Waals surface area contributed by atoms with Crippen LogP contribution in [0.4, 0.5) is 17.2 Å². The third kappa shape index (κ3) is 17.7. The number of hydrogen-bond donors (Lipinski definition) is 5. The molecule has 0 saturated carbocycles. The fourth-order valence-electron chi connectivity index (χ4n) is 2.83. The van der Waals surface area contributed by atoms with Gasteiger partial charge in [0.05, 0.1) is 24.5 Å². The maximum Gasteiger partial charge on any atom is 0.261 e. The fraction of sp³-hybridized carbons (Fsp3) is 0.174. The summed E-state index contributed by atoms with van der Waals surface area (Å²) in [6.45, 7) is 0. The van der Waals surface area contributed by atoms with E-state index < -0.39 is 30.4 Å². The molecule has 0 fully saturated rings. The Labute approximate surface area is 232 Å². The number of nitrogen functional groups attached to an aromatic ring is 1. The molecule has 0 aliphatic heterocycles. The first-order valence-corrected chi connectivity index (χ1v) is 16.4. The molecule has 0 unspecified atom stereocenters. The van der Waals surface area contributed by atoms with E-state index in [9.17, 15) is 25.3 Å². The summed E-state index contributed by atoms with van der Waals surface area (Å²) in [5, 5.41) is 14.3. The van der Waals surface area contributed by atoms with Gasteiger partial charge >= 0.3 is 0 Å². The second-order valence-electron chi connectivity index (χ2n) is 8.02. The molecule has 17 heteroatoms. The summed E-state index contributed by atoms with van der Waals surface area (Å²) < 4.78 is 77.6. The molecule has 0 aliphatic carbocycles. The van der Waals surface area contributed by atoms with Crippen molar-refractivity contribution in [3.8, 4) is 0 Å². The van der Waals surface area contributed by atoms with Gasteiger partial charge in [0, 0.05) is 41.0 Å². The van der Waals surface area contributed by atoms with Crippen molar-refractivity contribution in [3.05, 3.63) is 84.3 Å². The summed E-state index contributed by atoms with van der Waals surface area (Å²) in [6, 6.07) is 19.7. The largest absolute Gasteiger partial charge is 0.399 e. The van der Waals surface area contributed by atoms with E-state index in [1.807, 2.05) is 48.5 Å². The average molecular weight is 616 g/mol. The molecular formula is C23H29N5O9S3. The van der Waals surface area contributed by atoms with E-state index in [1.54, 1.807) is 12.4 Å². The van der Waals surface area contributed by atoms with Crippen LogP contribution in [0, 0.1) is 0 Å². The van der Waals surface area contributed by atoms with Crippen LogP contribution in [0.25, 0.3) is 10.8 Å². The van der Waals surface area contributed by atoms with Gasteiger partial charge in [0.1, 0.15) is 0 Å². The Hall–Kier alpha value is -3.74. The van der Waals surface area contributed by atoms with E-state index in [2.05, 4.69) is 32.6 Å². The third-order valence-electron chi connectivity index (χ3n) is 4.03. The van der Waals surface area contributed by atoms with Crippen molar-refractivity contribution in [2.24, 2.45) is 0 Å². The summed E-state index contributed by atoms with van der Waals surface area (Å²) >= 11 is 0. The Morgan fingerprint density at radius 2 is 1.23 bits per heavy atom. The van der Waals surface area contributed by atoms with Crippen LogP contribution in [-0.4, -0.2) is 72.9 Å². The number of nitrogens with one attached hydrogen (secondary N) is 1. The summed E-state index contributed by atoms with van der Waals surface area (Å²) in [5.41, 5.74) is 9.55. The van der Waals surface area contributed by atoms with Crippen molar-refractivity contribution in [2.75, 3.05) is 29.8 Å². The highest BCUT2D eigenvalue weighted by molar-refractivity contribution is 7.85. The smallest absolute Gasteiger partial charge is 0.261 e. The molecule has 2 heterocycles. The Balaban J connectivity index is 0.000000442. The van der Waals surface area contributed by atoms with Crippen LogP contribution in [0.1, 0.15) is 11.3 Å². The fourth-order valence-corrected chi connectivity index (χ4v) is 2.83. The maximum atomic E-state index is 9.19. The van der Waals surface area contributed by atoms with Crippen LogP contribution in [-0.2, 0) is 36.8 Å². The highest BCUT2D eigenvalue weighted by Gasteiger charge is 2.10. The minimum absolute atomic E-state index is 0.705. The number of anilines is 3. The van der Waals surface area contributed by atoms with Crippen molar-refractivity contribution in [1.29, 1.82) is 0 Å². The molecule has 40 heavy (non-hydrogen) atoms. The molecule has 0 aliphatic rings. The van der Waals surface area contributed by atoms with Crippen molar-refractivity contribution in [3.63, 3.8) is 0 Å². The average Bonchev–Trinajstić information content (AvgIpc) is 2.78. The molecule has 2 aromatic carbocycles. The summed E-state index contributed by atoms with van der Waals surface area (Å²) in [7, 11) is -11.0. The van der Waals surface area contributed by atoms with E-state index in [-0.39, 0.29) is 0 Å². The maximum absolute atomic E-state index is 9.19. The minimum Gasteiger partial charge on any atom is -0.399 e. The van der Waals surface area contributed by atoms with E-state index in [0.29, 0.717) is 30.9 Å². The van der Waals surface area contributed by atoms with Crippen LogP contribution in [0.2, 0.25) is 0 Å². The van der Waals surface area contributed by atoms with Crippen molar-refractivity contribution < 1.29 is 38.9 Å². The van der Waals surface area contributed by atoms with Gasteiger partial charge in [-0.15, -0.1) is 5.10 Å². The van der Waals surface area contributed by atoms with E-state index >= 15 is 0 Å². The first-order chi connectivity index (χ1) is 18.3. The molecule has 0 atom stereocenters. The molecule has 0 saturated heterocycles. The summed E-state index contributed by atoms with van der Waals surface area (Å²) in [4.78, 5) is 4.06. The van der Waals surface area contributed by atoms with Gasteiger partial charge in [0.15, 0.2) is 5.82 Å². The molecule has 0 radical (unpaired) electrons. The first-order valence-electron chi connectivity index (χ1n) is 10.8. The van der Waals surface area contributed by atoms with E-state index in [4.69, 9.17) is 19.4 Å². The summed E-state index contributed by atoms with van der Waals surface area (Å²) in [6.07, 6.45) is 6.45. The number of aromatic nitrogens is 3. The lowest BCUT2D eigenvalue weighted by Gasteiger charge is -2.11. The lowest BCUT2D eigenvalue weighted by atomic mass is 10.0. The molecule has 6 N–H and O–H groups in total. The minimum atomic E-state index is -3.67. The number of fused-ring (bicyclic) bond motifs is 1. The second kappa shape index (κ2) is 15.2. The molecule has 4 rings (SSSR count). The molecule has 14 nitrogen and oxygen atoms in total. The van der Waals surface area contributed by atoms with Gasteiger partial charge in [0.25, 0.3) is 30.4 Å². The van der Waals surface area contributed by atoms with Crippen molar-refractivity contribution >= 4 is 58.3 Å². The second-order valence-corrected chi connectivity index (χ2v) is 12.4. The molecule has 4 aromatic rings. The third-order valence-corrected chi connectivity index (χ3v) is 4.03. The van der Waals surface area contributed by atoms with Gasteiger partial charge in [-0.25, -0.2) is 0 Å². The lowest BCUT2D eigenvalue weighted by molar-refractivity contribution is 0.488. The molecule has 2 aromatic heterocycles. The van der Waals surface area contributed by atoms with Gasteiger partial charge in [0.2, 0.25) is 0 Å². The zero-order valence-electron chi connectivity index (χ0n) is 21.6. The Morgan fingerprint density at radius 3 is 1.73 bits per heavy atom. The molecule has 0 bridgehead atoms. The van der Waals surface area contributed by atoms with Crippen LogP contribution < -0.4 is 11.1 Å². The Kier molecular flexibility index (Phi) is 13.0. The van der Waals surface area contributed by atoms with Crippen LogP contribution in [0.5, 0.6) is 0 Å². The van der Waals surface area contributed by atoms with Crippen LogP contribution >= 0.6 is 0 Å². The van der Waals surface area contributed by atoms with Crippen molar-refractivity contribution in [2.45, 2.75) is 6.42 Å². The van der Waals surface area contributed by atoms with E-state index in [0.717, 1.165) is 33.5 Å². The summed E-state index contributed by atoms with van der Waals surface area (Å²) in [5.74, 6) is 0.722. The normalized spacial score (nSPS) is 11.1. The number of benzene rings is 2. The SMILES string of the molecule is CS(=O)(=O)O.CS(=O)(=O)O.CS(=O)(=O)O.Nc1cccc(Nc2nnc(Cc3ccncc3)c3ccccc23)c1. The van der Waals surface area contributed by atoms with Crippen molar-refractivity contribution in [1.82, 2.24) is 15.2 Å². The van der Waals surface area contributed by atoms with Gasteiger partial charge in [-0.1, -0.05) is 30.3 Å². The molecule has 0 amide bonds. The lowest BCUT2D eigenvalue weighted by Crippen LogP contribution is -2.02. The van der Waals surface area contributed by atoms with E-state index in [1.165, 1.54) is 0 Å². The zero-order valence-corrected chi connectivity index (χ0v) is 24.0. The Morgan fingerprint density at radius 1 is 0.725 bits per heavy atom. The number of nitrogens with two attached hydrogens (primary N) is 1. The van der Waals surface area contributed by atoms with Gasteiger partial charge in [-0.3, -0.25) is 18.6 Å². The van der Waals surface area contributed by atoms with Crippen LogP contribution in [0.15, 0.2) is 73.1 Å².